The van der Waals surface area contributed by atoms with E-state index in [4.69, 9.17) is 27.9 Å². The average molecular weight is 321 g/mol. The van der Waals surface area contributed by atoms with Crippen LogP contribution < -0.4 is 0 Å². The maximum Gasteiger partial charge on any atom is 0.339 e. The van der Waals surface area contributed by atoms with E-state index in [1.165, 1.54) is 0 Å². The molecule has 2 nitrogen and oxygen atoms in total. The van der Waals surface area contributed by atoms with Crippen molar-refractivity contribution in [3.05, 3.63) is 70.2 Å². The topological polar surface area (TPSA) is 26.3 Å². The van der Waals surface area contributed by atoms with Crippen LogP contribution in [0.2, 0.25) is 5.02 Å². The van der Waals surface area contributed by atoms with Gasteiger partial charge in [-0.1, -0.05) is 48.9 Å². The first-order valence-corrected chi connectivity index (χ1v) is 7.64. The van der Waals surface area contributed by atoms with E-state index >= 15 is 0 Å². The number of carbonyl (C=O) groups excluding carboxylic acids is 1. The third kappa shape index (κ3) is 2.14. The fourth-order valence-corrected chi connectivity index (χ4v) is 3.27. The smallest absolute Gasteiger partial charge is 0.339 e. The summed E-state index contributed by atoms with van der Waals surface area (Å²) in [6.45, 7) is 1.98. The van der Waals surface area contributed by atoms with Crippen molar-refractivity contribution in [2.24, 2.45) is 0 Å². The molecular formula is C17H14Cl2O2. The molecule has 0 N–H and O–H groups in total. The first kappa shape index (κ1) is 14.4. The maximum atomic E-state index is 12.2. The van der Waals surface area contributed by atoms with Gasteiger partial charge in [0.2, 0.25) is 0 Å². The van der Waals surface area contributed by atoms with Crippen molar-refractivity contribution < 1.29 is 9.53 Å². The minimum Gasteiger partial charge on any atom is -0.444 e. The van der Waals surface area contributed by atoms with Crippen molar-refractivity contribution in [2.45, 2.75) is 24.3 Å². The first-order chi connectivity index (χ1) is 10.1. The lowest BCUT2D eigenvalue weighted by atomic mass is 9.82. The molecule has 21 heavy (non-hydrogen) atoms. The summed E-state index contributed by atoms with van der Waals surface area (Å²) in [5, 5.41) is 0.278. The van der Waals surface area contributed by atoms with Crippen molar-refractivity contribution in [3.63, 3.8) is 0 Å². The normalized spacial score (nSPS) is 21.8. The SMILES string of the molecule is CCC(Cl)C1(c2ccc(Cl)cc2)OC(=O)c2ccccc21. The minimum atomic E-state index is -0.950. The van der Waals surface area contributed by atoms with Crippen molar-refractivity contribution >= 4 is 29.2 Å². The highest BCUT2D eigenvalue weighted by Gasteiger charge is 2.51. The summed E-state index contributed by atoms with van der Waals surface area (Å²) in [6, 6.07) is 14.7. The lowest BCUT2D eigenvalue weighted by molar-refractivity contribution is 0.00861. The summed E-state index contributed by atoms with van der Waals surface area (Å²) in [5.74, 6) is -0.334. The number of halogens is 2. The molecule has 1 aliphatic heterocycles. The molecule has 1 heterocycles. The highest BCUT2D eigenvalue weighted by Crippen LogP contribution is 2.47. The van der Waals surface area contributed by atoms with Crippen LogP contribution in [-0.4, -0.2) is 11.3 Å². The molecule has 2 atom stereocenters. The third-order valence-electron chi connectivity index (χ3n) is 3.87. The molecule has 0 aliphatic carbocycles. The Morgan fingerprint density at radius 3 is 2.48 bits per heavy atom. The zero-order valence-corrected chi connectivity index (χ0v) is 13.0. The lowest BCUT2D eigenvalue weighted by Crippen LogP contribution is -2.37. The molecule has 1 aliphatic rings. The number of benzene rings is 2. The Hall–Kier alpha value is -1.51. The minimum absolute atomic E-state index is 0.334. The molecule has 0 saturated heterocycles. The van der Waals surface area contributed by atoms with Gasteiger partial charge in [-0.05, 0) is 24.6 Å². The van der Waals surface area contributed by atoms with Gasteiger partial charge in [0.15, 0.2) is 5.60 Å². The fraction of sp³-hybridized carbons (Fsp3) is 0.235. The second-order valence-corrected chi connectivity index (χ2v) is 6.02. The standard InChI is InChI=1S/C17H14Cl2O2/c1-2-15(19)17(11-7-9-12(18)10-8-11)14-6-4-3-5-13(14)16(20)21-17/h3-10,15H,2H2,1H3. The predicted octanol–water partition coefficient (Wildman–Crippen LogP) is 4.77. The van der Waals surface area contributed by atoms with E-state index in [0.29, 0.717) is 17.0 Å². The molecule has 0 fully saturated rings. The molecule has 2 aromatic carbocycles. The van der Waals surface area contributed by atoms with Gasteiger partial charge in [0.25, 0.3) is 0 Å². The summed E-state index contributed by atoms with van der Waals surface area (Å²) >= 11 is 12.6. The third-order valence-corrected chi connectivity index (χ3v) is 4.74. The van der Waals surface area contributed by atoms with E-state index < -0.39 is 5.60 Å². The van der Waals surface area contributed by atoms with E-state index in [-0.39, 0.29) is 11.3 Å². The van der Waals surface area contributed by atoms with Gasteiger partial charge in [0, 0.05) is 16.1 Å². The maximum absolute atomic E-state index is 12.2. The van der Waals surface area contributed by atoms with Crippen LogP contribution in [0.15, 0.2) is 48.5 Å². The number of hydrogen-bond donors (Lipinski definition) is 0. The summed E-state index contributed by atoms with van der Waals surface area (Å²) in [7, 11) is 0. The second-order valence-electron chi connectivity index (χ2n) is 5.05. The molecule has 2 unspecified atom stereocenters. The molecule has 108 valence electrons. The Morgan fingerprint density at radius 2 is 1.81 bits per heavy atom. The number of esters is 1. The zero-order valence-electron chi connectivity index (χ0n) is 11.5. The lowest BCUT2D eigenvalue weighted by Gasteiger charge is -2.33. The predicted molar refractivity (Wildman–Crippen MR) is 84.0 cm³/mol. The quantitative estimate of drug-likeness (QED) is 0.601. The zero-order chi connectivity index (χ0) is 15.0. The molecule has 0 saturated carbocycles. The number of alkyl halides is 1. The van der Waals surface area contributed by atoms with Gasteiger partial charge in [0.1, 0.15) is 0 Å². The van der Waals surface area contributed by atoms with Gasteiger partial charge in [-0.15, -0.1) is 11.6 Å². The van der Waals surface area contributed by atoms with Crippen LogP contribution >= 0.6 is 23.2 Å². The van der Waals surface area contributed by atoms with Crippen LogP contribution in [0, 0.1) is 0 Å². The summed E-state index contributed by atoms with van der Waals surface area (Å²) in [6.07, 6.45) is 0.672. The van der Waals surface area contributed by atoms with E-state index in [2.05, 4.69) is 0 Å². The van der Waals surface area contributed by atoms with Gasteiger partial charge < -0.3 is 4.74 Å². The van der Waals surface area contributed by atoms with E-state index in [9.17, 15) is 4.79 Å². The van der Waals surface area contributed by atoms with Crippen LogP contribution in [-0.2, 0) is 10.3 Å². The Morgan fingerprint density at radius 1 is 1.14 bits per heavy atom. The van der Waals surface area contributed by atoms with Crippen LogP contribution in [0.25, 0.3) is 0 Å². The van der Waals surface area contributed by atoms with E-state index in [0.717, 1.165) is 11.1 Å². The summed E-state index contributed by atoms with van der Waals surface area (Å²) in [5.41, 5.74) is 1.28. The van der Waals surface area contributed by atoms with Crippen LogP contribution in [0.5, 0.6) is 0 Å². The van der Waals surface area contributed by atoms with Crippen LogP contribution in [0.1, 0.15) is 34.8 Å². The summed E-state index contributed by atoms with van der Waals surface area (Å²) < 4.78 is 5.78. The molecule has 3 rings (SSSR count). The molecule has 0 bridgehead atoms. The van der Waals surface area contributed by atoms with Gasteiger partial charge in [-0.25, -0.2) is 4.79 Å². The molecule has 0 amide bonds. The number of rotatable bonds is 3. The number of hydrogen-bond acceptors (Lipinski definition) is 2. The number of carbonyl (C=O) groups is 1. The van der Waals surface area contributed by atoms with Crippen molar-refractivity contribution in [3.8, 4) is 0 Å². The molecule has 0 aromatic heterocycles. The van der Waals surface area contributed by atoms with Crippen molar-refractivity contribution in [1.82, 2.24) is 0 Å². The number of fused-ring (bicyclic) bond motifs is 1. The highest BCUT2D eigenvalue weighted by atomic mass is 35.5. The number of cyclic esters (lactones) is 1. The molecule has 0 spiro atoms. The Labute approximate surface area is 133 Å². The van der Waals surface area contributed by atoms with Gasteiger partial charge in [0.05, 0.1) is 10.9 Å². The first-order valence-electron chi connectivity index (χ1n) is 6.82. The van der Waals surface area contributed by atoms with Crippen molar-refractivity contribution in [2.75, 3.05) is 0 Å². The van der Waals surface area contributed by atoms with E-state index in [1.807, 2.05) is 37.3 Å². The monoisotopic (exact) mass is 320 g/mol. The van der Waals surface area contributed by atoms with Gasteiger partial charge >= 0.3 is 5.97 Å². The molecule has 4 heteroatoms. The summed E-state index contributed by atoms with van der Waals surface area (Å²) in [4.78, 5) is 12.2. The van der Waals surface area contributed by atoms with Crippen LogP contribution in [0.3, 0.4) is 0 Å². The fourth-order valence-electron chi connectivity index (χ4n) is 2.85. The van der Waals surface area contributed by atoms with Gasteiger partial charge in [-0.3, -0.25) is 0 Å². The van der Waals surface area contributed by atoms with Gasteiger partial charge in [-0.2, -0.15) is 0 Å². The van der Waals surface area contributed by atoms with Crippen molar-refractivity contribution in [1.29, 1.82) is 0 Å². The van der Waals surface area contributed by atoms with E-state index in [1.54, 1.807) is 18.2 Å². The Balaban J connectivity index is 2.25. The highest BCUT2D eigenvalue weighted by molar-refractivity contribution is 6.30. The average Bonchev–Trinajstić information content (AvgIpc) is 2.82. The molecule has 0 radical (unpaired) electrons. The molecule has 2 aromatic rings. The Bertz CT molecular complexity index is 681. The van der Waals surface area contributed by atoms with Crippen LogP contribution in [0.4, 0.5) is 0 Å². The number of ether oxygens (including phenoxy) is 1. The Kier molecular flexibility index (Phi) is 3.68. The second kappa shape index (κ2) is 5.36. The molecular weight excluding hydrogens is 307 g/mol. The largest absolute Gasteiger partial charge is 0.444 e.